The zero-order valence-electron chi connectivity index (χ0n) is 11.7. The Morgan fingerprint density at radius 2 is 2.42 bits per heavy atom. The third-order valence-corrected chi connectivity index (χ3v) is 3.08. The highest BCUT2D eigenvalue weighted by Gasteiger charge is 2.17. The van der Waals surface area contributed by atoms with Gasteiger partial charge in [0.2, 0.25) is 0 Å². The van der Waals surface area contributed by atoms with Crippen molar-refractivity contribution in [1.29, 1.82) is 0 Å². The molecule has 0 saturated heterocycles. The molecular formula is C12H22N4O3. The van der Waals surface area contributed by atoms with Crippen LogP contribution in [0.2, 0.25) is 0 Å². The topological polar surface area (TPSA) is 93.6 Å². The second-order valence-electron chi connectivity index (χ2n) is 4.37. The van der Waals surface area contributed by atoms with E-state index < -0.39 is 5.91 Å². The molecule has 0 spiro atoms. The normalized spacial score (nSPS) is 12.7. The summed E-state index contributed by atoms with van der Waals surface area (Å²) >= 11 is 0. The van der Waals surface area contributed by atoms with Gasteiger partial charge in [-0.15, -0.1) is 0 Å². The molecule has 3 N–H and O–H groups in total. The summed E-state index contributed by atoms with van der Waals surface area (Å²) in [7, 11) is 1.67. The molecule has 7 heteroatoms. The minimum Gasteiger partial charge on any atom is -0.383 e. The number of hydrogen-bond donors (Lipinski definition) is 2. The zero-order valence-corrected chi connectivity index (χ0v) is 11.7. The number of nitrogens with two attached hydrogens (primary N) is 1. The zero-order chi connectivity index (χ0) is 14.3. The third-order valence-electron chi connectivity index (χ3n) is 3.08. The first-order valence-electron chi connectivity index (χ1n) is 6.31. The lowest BCUT2D eigenvalue weighted by Gasteiger charge is -2.26. The Morgan fingerprint density at radius 3 is 3.00 bits per heavy atom. The van der Waals surface area contributed by atoms with Gasteiger partial charge in [-0.1, -0.05) is 12.1 Å². The molecule has 1 aromatic rings. The number of rotatable bonds is 8. The van der Waals surface area contributed by atoms with Crippen molar-refractivity contribution in [1.82, 2.24) is 15.5 Å². The average Bonchev–Trinajstić information content (AvgIpc) is 2.90. The van der Waals surface area contributed by atoms with E-state index in [0.29, 0.717) is 25.0 Å². The first kappa shape index (κ1) is 15.6. The largest absolute Gasteiger partial charge is 0.383 e. The Hall–Kier alpha value is -1.44. The van der Waals surface area contributed by atoms with Crippen LogP contribution in [0.3, 0.4) is 0 Å². The van der Waals surface area contributed by atoms with Gasteiger partial charge in [0.1, 0.15) is 0 Å². The van der Waals surface area contributed by atoms with Gasteiger partial charge in [-0.25, -0.2) is 5.84 Å². The predicted molar refractivity (Wildman–Crippen MR) is 70.2 cm³/mol. The highest BCUT2D eigenvalue weighted by Crippen LogP contribution is 2.11. The Kier molecular flexibility index (Phi) is 6.48. The molecule has 1 heterocycles. The van der Waals surface area contributed by atoms with Crippen LogP contribution in [0, 0.1) is 0 Å². The van der Waals surface area contributed by atoms with Gasteiger partial charge in [-0.3, -0.25) is 15.1 Å². The Balaban J connectivity index is 2.67. The maximum absolute atomic E-state index is 11.3. The standard InChI is InChI=1S/C12H22N4O3/c1-4-9(2)16(5-6-18-3)8-10-7-11(15-19-10)12(17)14-13/h7,9H,4-6,8,13H2,1-3H3,(H,14,17). The van der Waals surface area contributed by atoms with Crippen LogP contribution in [0.5, 0.6) is 0 Å². The van der Waals surface area contributed by atoms with Crippen molar-refractivity contribution in [3.8, 4) is 0 Å². The highest BCUT2D eigenvalue weighted by atomic mass is 16.5. The Bertz CT molecular complexity index is 394. The molecule has 0 fully saturated rings. The molecule has 19 heavy (non-hydrogen) atoms. The number of amides is 1. The first-order chi connectivity index (χ1) is 9.12. The van der Waals surface area contributed by atoms with Crippen LogP contribution in [-0.4, -0.2) is 42.3 Å². The Labute approximate surface area is 113 Å². The molecule has 0 radical (unpaired) electrons. The van der Waals surface area contributed by atoms with E-state index in [4.69, 9.17) is 15.1 Å². The van der Waals surface area contributed by atoms with Crippen molar-refractivity contribution in [2.75, 3.05) is 20.3 Å². The molecule has 1 atom stereocenters. The van der Waals surface area contributed by atoms with E-state index in [9.17, 15) is 4.79 Å². The maximum atomic E-state index is 11.3. The van der Waals surface area contributed by atoms with E-state index in [-0.39, 0.29) is 5.69 Å². The molecule has 0 aliphatic rings. The van der Waals surface area contributed by atoms with Gasteiger partial charge in [0.25, 0.3) is 5.91 Å². The van der Waals surface area contributed by atoms with Gasteiger partial charge in [0, 0.05) is 25.8 Å². The number of hydrazine groups is 1. The van der Waals surface area contributed by atoms with Crippen molar-refractivity contribution >= 4 is 5.91 Å². The second-order valence-corrected chi connectivity index (χ2v) is 4.37. The van der Waals surface area contributed by atoms with Crippen LogP contribution < -0.4 is 11.3 Å². The Morgan fingerprint density at radius 1 is 1.68 bits per heavy atom. The maximum Gasteiger partial charge on any atom is 0.287 e. The molecule has 0 aromatic carbocycles. The van der Waals surface area contributed by atoms with Crippen LogP contribution in [0.4, 0.5) is 0 Å². The number of ether oxygens (including phenoxy) is 1. The van der Waals surface area contributed by atoms with E-state index in [1.54, 1.807) is 13.2 Å². The fraction of sp³-hybridized carbons (Fsp3) is 0.667. The van der Waals surface area contributed by atoms with E-state index in [1.165, 1.54) is 0 Å². The van der Waals surface area contributed by atoms with Crippen molar-refractivity contribution in [2.24, 2.45) is 5.84 Å². The fourth-order valence-electron chi connectivity index (χ4n) is 1.69. The molecule has 0 aliphatic carbocycles. The number of hydrogen-bond acceptors (Lipinski definition) is 6. The van der Waals surface area contributed by atoms with Crippen LogP contribution in [-0.2, 0) is 11.3 Å². The van der Waals surface area contributed by atoms with Crippen molar-refractivity contribution in [3.05, 3.63) is 17.5 Å². The van der Waals surface area contributed by atoms with Crippen molar-refractivity contribution in [3.63, 3.8) is 0 Å². The molecule has 1 amide bonds. The van der Waals surface area contributed by atoms with Gasteiger partial charge in [-0.2, -0.15) is 0 Å². The number of nitrogen functional groups attached to an aromatic ring is 1. The van der Waals surface area contributed by atoms with E-state index >= 15 is 0 Å². The molecule has 108 valence electrons. The quantitative estimate of drug-likeness (QED) is 0.406. The van der Waals surface area contributed by atoms with Crippen LogP contribution in [0.15, 0.2) is 10.6 Å². The number of aromatic nitrogens is 1. The third kappa shape index (κ3) is 4.62. The van der Waals surface area contributed by atoms with Gasteiger partial charge in [0.15, 0.2) is 11.5 Å². The first-order valence-corrected chi connectivity index (χ1v) is 6.31. The summed E-state index contributed by atoms with van der Waals surface area (Å²) in [6.45, 7) is 6.29. The number of nitrogens with zero attached hydrogens (tertiary/aromatic N) is 2. The number of nitrogens with one attached hydrogen (secondary N) is 1. The summed E-state index contributed by atoms with van der Waals surface area (Å²) < 4.78 is 10.2. The van der Waals surface area contributed by atoms with Gasteiger partial charge >= 0.3 is 0 Å². The highest BCUT2D eigenvalue weighted by molar-refractivity contribution is 5.91. The predicted octanol–water partition coefficient (Wildman–Crippen LogP) is 0.525. The monoisotopic (exact) mass is 270 g/mol. The second kappa shape index (κ2) is 7.88. The van der Waals surface area contributed by atoms with E-state index in [1.807, 2.05) is 5.43 Å². The average molecular weight is 270 g/mol. The van der Waals surface area contributed by atoms with Crippen LogP contribution in [0.1, 0.15) is 36.5 Å². The molecule has 1 unspecified atom stereocenters. The molecule has 7 nitrogen and oxygen atoms in total. The SMILES string of the molecule is CCC(C)N(CCOC)Cc1cc(C(=O)NN)no1. The molecule has 0 bridgehead atoms. The summed E-state index contributed by atoms with van der Waals surface area (Å²) in [5.41, 5.74) is 2.21. The molecule has 1 aromatic heterocycles. The summed E-state index contributed by atoms with van der Waals surface area (Å²) in [6.07, 6.45) is 1.02. The smallest absolute Gasteiger partial charge is 0.287 e. The summed E-state index contributed by atoms with van der Waals surface area (Å²) in [4.78, 5) is 13.5. The number of carbonyl (C=O) groups is 1. The lowest BCUT2D eigenvalue weighted by molar-refractivity contribution is 0.0943. The van der Waals surface area contributed by atoms with Gasteiger partial charge in [-0.05, 0) is 13.3 Å². The van der Waals surface area contributed by atoms with E-state index in [0.717, 1.165) is 13.0 Å². The lowest BCUT2D eigenvalue weighted by atomic mass is 10.2. The molecule has 0 aliphatic heterocycles. The summed E-state index contributed by atoms with van der Waals surface area (Å²) in [6, 6.07) is 2.00. The van der Waals surface area contributed by atoms with Crippen LogP contribution in [0.25, 0.3) is 0 Å². The van der Waals surface area contributed by atoms with Crippen molar-refractivity contribution < 1.29 is 14.1 Å². The number of methoxy groups -OCH3 is 1. The lowest BCUT2D eigenvalue weighted by Crippen LogP contribution is -2.34. The molecule has 1 rings (SSSR count). The molecular weight excluding hydrogens is 248 g/mol. The van der Waals surface area contributed by atoms with E-state index in [2.05, 4.69) is 23.9 Å². The summed E-state index contributed by atoms with van der Waals surface area (Å²) in [5.74, 6) is 5.22. The minimum absolute atomic E-state index is 0.188. The fourth-order valence-corrected chi connectivity index (χ4v) is 1.69. The van der Waals surface area contributed by atoms with Gasteiger partial charge in [0.05, 0.1) is 13.2 Å². The number of carbonyl (C=O) groups excluding carboxylic acids is 1. The molecule has 0 saturated carbocycles. The minimum atomic E-state index is -0.456. The van der Waals surface area contributed by atoms with Crippen LogP contribution >= 0.6 is 0 Å². The van der Waals surface area contributed by atoms with Crippen molar-refractivity contribution in [2.45, 2.75) is 32.9 Å². The van der Waals surface area contributed by atoms with Gasteiger partial charge < -0.3 is 9.26 Å². The summed E-state index contributed by atoms with van der Waals surface area (Å²) in [5, 5.41) is 3.68.